The summed E-state index contributed by atoms with van der Waals surface area (Å²) in [7, 11) is 0. The molecule has 2 aromatic carbocycles. The van der Waals surface area contributed by atoms with E-state index in [0.717, 1.165) is 17.0 Å². The molecule has 144 valence electrons. The molecule has 0 radical (unpaired) electrons. The van der Waals surface area contributed by atoms with Crippen molar-refractivity contribution in [3.8, 4) is 0 Å². The van der Waals surface area contributed by atoms with Crippen LogP contribution in [-0.2, 0) is 11.2 Å². The van der Waals surface area contributed by atoms with Gasteiger partial charge in [0.2, 0.25) is 11.1 Å². The summed E-state index contributed by atoms with van der Waals surface area (Å²) in [5.74, 6) is 0.0426. The molecular weight excluding hydrogens is 377 g/mol. The Kier molecular flexibility index (Phi) is 5.04. The van der Waals surface area contributed by atoms with E-state index in [9.17, 15) is 9.18 Å². The van der Waals surface area contributed by atoms with Crippen LogP contribution in [-0.4, -0.2) is 26.0 Å². The van der Waals surface area contributed by atoms with E-state index < -0.39 is 11.1 Å². The minimum atomic E-state index is -0.538. The number of rotatable bonds is 4. The molecule has 0 spiro atoms. The Morgan fingerprint density at radius 1 is 1.21 bits per heavy atom. The molecular formula is C20H20FN5OS. The highest BCUT2D eigenvalue weighted by Gasteiger charge is 2.37. The van der Waals surface area contributed by atoms with Crippen molar-refractivity contribution in [2.45, 2.75) is 36.7 Å². The monoisotopic (exact) mass is 397 g/mol. The molecule has 1 aliphatic rings. The largest absolute Gasteiger partial charge is 0.323 e. The van der Waals surface area contributed by atoms with E-state index in [4.69, 9.17) is 0 Å². The van der Waals surface area contributed by atoms with Gasteiger partial charge in [0.25, 0.3) is 0 Å². The maximum atomic E-state index is 14.0. The molecule has 0 saturated carbocycles. The average Bonchev–Trinajstić information content (AvgIpc) is 3.11. The summed E-state index contributed by atoms with van der Waals surface area (Å²) in [6.07, 6.45) is 0.716. The molecule has 6 nitrogen and oxygen atoms in total. The second kappa shape index (κ2) is 7.63. The number of benzene rings is 2. The number of aryl methyl sites for hydroxylation is 2. The van der Waals surface area contributed by atoms with E-state index in [1.807, 2.05) is 42.8 Å². The van der Waals surface area contributed by atoms with Gasteiger partial charge in [0.1, 0.15) is 11.1 Å². The maximum Gasteiger partial charge on any atom is 0.240 e. The number of hydrogen-bond donors (Lipinski definition) is 2. The van der Waals surface area contributed by atoms with Gasteiger partial charge in [0.05, 0.1) is 11.7 Å². The number of fused-ring (bicyclic) bond motifs is 1. The first-order valence-corrected chi connectivity index (χ1v) is 9.94. The molecule has 0 aliphatic carbocycles. The number of nitrogens with zero attached hydrogens (tertiary/aromatic N) is 3. The van der Waals surface area contributed by atoms with Crippen LogP contribution in [0.25, 0.3) is 0 Å². The zero-order valence-corrected chi connectivity index (χ0v) is 16.3. The number of para-hydroxylation sites is 1. The predicted octanol–water partition coefficient (Wildman–Crippen LogP) is 3.69. The minimum Gasteiger partial charge on any atom is -0.323 e. The molecule has 2 atom stereocenters. The van der Waals surface area contributed by atoms with Gasteiger partial charge >= 0.3 is 0 Å². The molecule has 8 heteroatoms. The third kappa shape index (κ3) is 3.47. The van der Waals surface area contributed by atoms with E-state index in [0.29, 0.717) is 11.6 Å². The molecule has 4 rings (SSSR count). The SMILES string of the molecule is CCc1nnc2n1N[C@H](c1ccc(C)cc1)[C@@H](C(=O)Nc1ccccc1F)S2. The quantitative estimate of drug-likeness (QED) is 0.703. The van der Waals surface area contributed by atoms with Crippen LogP contribution < -0.4 is 10.7 Å². The number of nitrogens with one attached hydrogen (secondary N) is 2. The van der Waals surface area contributed by atoms with Crippen LogP contribution in [0.5, 0.6) is 0 Å². The Morgan fingerprint density at radius 3 is 2.68 bits per heavy atom. The molecule has 2 N–H and O–H groups in total. The number of anilines is 1. The lowest BCUT2D eigenvalue weighted by molar-refractivity contribution is -0.116. The van der Waals surface area contributed by atoms with Crippen LogP contribution in [0.15, 0.2) is 53.7 Å². The van der Waals surface area contributed by atoms with Crippen LogP contribution in [0.3, 0.4) is 0 Å². The van der Waals surface area contributed by atoms with Gasteiger partial charge in [-0.1, -0.05) is 60.6 Å². The van der Waals surface area contributed by atoms with Crippen LogP contribution in [0.1, 0.15) is 29.9 Å². The first kappa shape index (κ1) is 18.5. The summed E-state index contributed by atoms with van der Waals surface area (Å²) in [6, 6.07) is 13.8. The smallest absolute Gasteiger partial charge is 0.240 e. The third-order valence-corrected chi connectivity index (χ3v) is 5.86. The van der Waals surface area contributed by atoms with E-state index in [1.54, 1.807) is 18.2 Å². The zero-order valence-electron chi connectivity index (χ0n) is 15.5. The number of carbonyl (C=O) groups is 1. The van der Waals surface area contributed by atoms with Gasteiger partial charge in [-0.3, -0.25) is 4.79 Å². The van der Waals surface area contributed by atoms with Crippen LogP contribution in [0.4, 0.5) is 10.1 Å². The van der Waals surface area contributed by atoms with Crippen molar-refractivity contribution >= 4 is 23.4 Å². The first-order chi connectivity index (χ1) is 13.6. The molecule has 1 aliphatic heterocycles. The molecule has 0 saturated heterocycles. The van der Waals surface area contributed by atoms with Crippen molar-refractivity contribution in [1.82, 2.24) is 14.9 Å². The van der Waals surface area contributed by atoms with Gasteiger partial charge in [-0.2, -0.15) is 0 Å². The Labute approximate surface area is 166 Å². The zero-order chi connectivity index (χ0) is 19.7. The average molecular weight is 397 g/mol. The summed E-state index contributed by atoms with van der Waals surface area (Å²) in [5.41, 5.74) is 5.65. The number of halogens is 1. The highest BCUT2D eigenvalue weighted by Crippen LogP contribution is 2.37. The highest BCUT2D eigenvalue weighted by atomic mass is 32.2. The first-order valence-electron chi connectivity index (χ1n) is 9.06. The van der Waals surface area contributed by atoms with Crippen molar-refractivity contribution in [3.63, 3.8) is 0 Å². The molecule has 0 fully saturated rings. The van der Waals surface area contributed by atoms with Crippen molar-refractivity contribution in [2.24, 2.45) is 0 Å². The Morgan fingerprint density at radius 2 is 1.96 bits per heavy atom. The molecule has 28 heavy (non-hydrogen) atoms. The fourth-order valence-corrected chi connectivity index (χ4v) is 4.22. The van der Waals surface area contributed by atoms with E-state index in [-0.39, 0.29) is 17.6 Å². The molecule has 1 amide bonds. The Balaban J connectivity index is 1.68. The number of hydrogen-bond acceptors (Lipinski definition) is 5. The number of aromatic nitrogens is 3. The lowest BCUT2D eigenvalue weighted by Crippen LogP contribution is -2.41. The summed E-state index contributed by atoms with van der Waals surface area (Å²) < 4.78 is 15.8. The van der Waals surface area contributed by atoms with Gasteiger partial charge in [-0.25, -0.2) is 9.07 Å². The summed E-state index contributed by atoms with van der Waals surface area (Å²) >= 11 is 1.33. The summed E-state index contributed by atoms with van der Waals surface area (Å²) in [4.78, 5) is 13.1. The topological polar surface area (TPSA) is 71.8 Å². The Bertz CT molecular complexity index is 1000. The molecule has 1 aromatic heterocycles. The van der Waals surface area contributed by atoms with Crippen molar-refractivity contribution < 1.29 is 9.18 Å². The summed E-state index contributed by atoms with van der Waals surface area (Å²) in [6.45, 7) is 4.02. The summed E-state index contributed by atoms with van der Waals surface area (Å²) in [5, 5.41) is 11.2. The van der Waals surface area contributed by atoms with E-state index in [2.05, 4.69) is 20.9 Å². The third-order valence-electron chi connectivity index (χ3n) is 4.65. The van der Waals surface area contributed by atoms with Crippen molar-refractivity contribution in [2.75, 3.05) is 10.7 Å². The normalized spacial score (nSPS) is 18.2. The maximum absolute atomic E-state index is 14.0. The lowest BCUT2D eigenvalue weighted by atomic mass is 10.0. The fraction of sp³-hybridized carbons (Fsp3) is 0.250. The van der Waals surface area contributed by atoms with Gasteiger partial charge < -0.3 is 10.7 Å². The second-order valence-corrected chi connectivity index (χ2v) is 7.72. The van der Waals surface area contributed by atoms with Gasteiger partial charge in [0.15, 0.2) is 5.82 Å². The highest BCUT2D eigenvalue weighted by molar-refractivity contribution is 8.00. The fourth-order valence-electron chi connectivity index (χ4n) is 3.12. The molecule has 3 aromatic rings. The lowest BCUT2D eigenvalue weighted by Gasteiger charge is -2.33. The van der Waals surface area contributed by atoms with Gasteiger partial charge in [-0.05, 0) is 24.6 Å². The number of amides is 1. The van der Waals surface area contributed by atoms with Crippen molar-refractivity contribution in [1.29, 1.82) is 0 Å². The number of carbonyl (C=O) groups excluding carboxylic acids is 1. The minimum absolute atomic E-state index is 0.164. The number of thioether (sulfide) groups is 1. The molecule has 0 bridgehead atoms. The van der Waals surface area contributed by atoms with Gasteiger partial charge in [-0.15, -0.1) is 10.2 Å². The van der Waals surface area contributed by atoms with Crippen molar-refractivity contribution in [3.05, 3.63) is 71.3 Å². The predicted molar refractivity (Wildman–Crippen MR) is 107 cm³/mol. The van der Waals surface area contributed by atoms with E-state index in [1.165, 1.54) is 17.8 Å². The standard InChI is InChI=1S/C20H20FN5OS/c1-3-16-23-24-20-26(16)25-17(13-10-8-12(2)9-11-13)18(28-20)19(27)22-15-7-5-4-6-14(15)21/h4-11,17-18,25H,3H2,1-2H3,(H,22,27)/t17-,18+/m1/s1. The van der Waals surface area contributed by atoms with Crippen LogP contribution >= 0.6 is 11.8 Å². The van der Waals surface area contributed by atoms with Crippen LogP contribution in [0.2, 0.25) is 0 Å². The second-order valence-electron chi connectivity index (χ2n) is 6.61. The van der Waals surface area contributed by atoms with E-state index >= 15 is 0 Å². The Hall–Kier alpha value is -2.87. The molecule has 2 heterocycles. The van der Waals surface area contributed by atoms with Gasteiger partial charge in [0, 0.05) is 6.42 Å². The van der Waals surface area contributed by atoms with Crippen LogP contribution in [0, 0.1) is 12.7 Å². The molecule has 0 unspecified atom stereocenters.